The molecular weight excluding hydrogens is 282 g/mol. The number of rotatable bonds is 4. The van der Waals surface area contributed by atoms with Gasteiger partial charge in [0, 0.05) is 11.8 Å². The molecule has 0 radical (unpaired) electrons. The van der Waals surface area contributed by atoms with E-state index in [9.17, 15) is 14.4 Å². The van der Waals surface area contributed by atoms with Gasteiger partial charge in [0.15, 0.2) is 0 Å². The Balaban J connectivity index is 1.99. The first kappa shape index (κ1) is 15.1. The highest BCUT2D eigenvalue weighted by atomic mass is 32.2. The van der Waals surface area contributed by atoms with Gasteiger partial charge in [0.1, 0.15) is 6.04 Å². The maximum atomic E-state index is 12.2. The SMILES string of the molecule is C[C@H](CC(=O)O)NC(=O)C1CSC2CC[C@H](N)C(=O)N21. The summed E-state index contributed by atoms with van der Waals surface area (Å²) in [5, 5.41) is 11.4. The summed E-state index contributed by atoms with van der Waals surface area (Å²) in [6.45, 7) is 1.63. The zero-order valence-corrected chi connectivity index (χ0v) is 12.1. The van der Waals surface area contributed by atoms with Crippen LogP contribution in [0.25, 0.3) is 0 Å². The first-order chi connectivity index (χ1) is 9.40. The molecule has 0 aromatic rings. The molecule has 2 rings (SSSR count). The van der Waals surface area contributed by atoms with Crippen molar-refractivity contribution in [1.82, 2.24) is 10.2 Å². The fraction of sp³-hybridized carbons (Fsp3) is 0.750. The lowest BCUT2D eigenvalue weighted by atomic mass is 10.0. The van der Waals surface area contributed by atoms with Gasteiger partial charge in [-0.1, -0.05) is 0 Å². The summed E-state index contributed by atoms with van der Waals surface area (Å²) in [7, 11) is 0. The summed E-state index contributed by atoms with van der Waals surface area (Å²) in [5.41, 5.74) is 5.75. The van der Waals surface area contributed by atoms with Crippen LogP contribution in [-0.4, -0.2) is 57.0 Å². The molecule has 8 heteroatoms. The Morgan fingerprint density at radius 3 is 2.90 bits per heavy atom. The van der Waals surface area contributed by atoms with E-state index in [-0.39, 0.29) is 23.6 Å². The minimum Gasteiger partial charge on any atom is -0.481 e. The van der Waals surface area contributed by atoms with Gasteiger partial charge in [0.2, 0.25) is 11.8 Å². The number of carboxylic acids is 1. The van der Waals surface area contributed by atoms with E-state index < -0.39 is 24.1 Å². The first-order valence-corrected chi connectivity index (χ1v) is 7.66. The monoisotopic (exact) mass is 301 g/mol. The molecule has 4 N–H and O–H groups in total. The van der Waals surface area contributed by atoms with Crippen LogP contribution in [0.5, 0.6) is 0 Å². The topological polar surface area (TPSA) is 113 Å². The van der Waals surface area contributed by atoms with E-state index in [0.29, 0.717) is 12.2 Å². The van der Waals surface area contributed by atoms with Gasteiger partial charge in [-0.2, -0.15) is 0 Å². The predicted molar refractivity (Wildman–Crippen MR) is 73.9 cm³/mol. The molecule has 112 valence electrons. The second-order valence-electron chi connectivity index (χ2n) is 5.24. The van der Waals surface area contributed by atoms with Crippen molar-refractivity contribution in [3.63, 3.8) is 0 Å². The van der Waals surface area contributed by atoms with Gasteiger partial charge in [0.05, 0.1) is 17.8 Å². The molecule has 0 bridgehead atoms. The van der Waals surface area contributed by atoms with Crippen molar-refractivity contribution in [2.45, 2.75) is 49.7 Å². The van der Waals surface area contributed by atoms with E-state index in [1.807, 2.05) is 0 Å². The smallest absolute Gasteiger partial charge is 0.305 e. The number of carbonyl (C=O) groups excluding carboxylic acids is 2. The minimum atomic E-state index is -0.965. The van der Waals surface area contributed by atoms with E-state index >= 15 is 0 Å². The average Bonchev–Trinajstić information content (AvgIpc) is 2.77. The number of hydrogen-bond acceptors (Lipinski definition) is 5. The molecule has 2 aliphatic rings. The number of carboxylic acid groups (broad SMARTS) is 1. The number of aliphatic carboxylic acids is 1. The van der Waals surface area contributed by atoms with Crippen LogP contribution < -0.4 is 11.1 Å². The van der Waals surface area contributed by atoms with E-state index in [1.54, 1.807) is 23.6 Å². The Kier molecular flexibility index (Phi) is 4.54. The maximum Gasteiger partial charge on any atom is 0.305 e. The largest absolute Gasteiger partial charge is 0.481 e. The summed E-state index contributed by atoms with van der Waals surface area (Å²) in [4.78, 5) is 36.5. The Labute approximate surface area is 121 Å². The fourth-order valence-corrected chi connectivity index (χ4v) is 4.00. The van der Waals surface area contributed by atoms with E-state index in [2.05, 4.69) is 5.32 Å². The van der Waals surface area contributed by atoms with Gasteiger partial charge in [-0.05, 0) is 19.8 Å². The second-order valence-corrected chi connectivity index (χ2v) is 6.45. The third kappa shape index (κ3) is 3.06. The number of amides is 2. The van der Waals surface area contributed by atoms with Gasteiger partial charge in [0.25, 0.3) is 0 Å². The van der Waals surface area contributed by atoms with Crippen LogP contribution in [0.3, 0.4) is 0 Å². The Morgan fingerprint density at radius 1 is 1.55 bits per heavy atom. The molecule has 2 aliphatic heterocycles. The molecule has 7 nitrogen and oxygen atoms in total. The molecule has 2 unspecified atom stereocenters. The number of piperidine rings is 1. The number of fused-ring (bicyclic) bond motifs is 1. The van der Waals surface area contributed by atoms with Gasteiger partial charge < -0.3 is 21.1 Å². The first-order valence-electron chi connectivity index (χ1n) is 6.61. The zero-order chi connectivity index (χ0) is 14.9. The lowest BCUT2D eigenvalue weighted by Crippen LogP contribution is -2.57. The summed E-state index contributed by atoms with van der Waals surface area (Å²) in [5.74, 6) is -0.907. The molecule has 2 saturated heterocycles. The fourth-order valence-electron chi connectivity index (χ4n) is 2.57. The molecule has 0 aromatic heterocycles. The molecule has 2 heterocycles. The van der Waals surface area contributed by atoms with Crippen LogP contribution in [0.1, 0.15) is 26.2 Å². The number of carbonyl (C=O) groups is 3. The lowest BCUT2D eigenvalue weighted by molar-refractivity contribution is -0.143. The number of nitrogens with zero attached hydrogens (tertiary/aromatic N) is 1. The Bertz CT molecular complexity index is 431. The van der Waals surface area contributed by atoms with Crippen LogP contribution in [0.4, 0.5) is 0 Å². The number of thioether (sulfide) groups is 1. The van der Waals surface area contributed by atoms with Crippen molar-refractivity contribution >= 4 is 29.5 Å². The van der Waals surface area contributed by atoms with Crippen molar-refractivity contribution in [2.24, 2.45) is 5.73 Å². The van der Waals surface area contributed by atoms with E-state index in [0.717, 1.165) is 6.42 Å². The lowest BCUT2D eigenvalue weighted by Gasteiger charge is -2.35. The molecule has 4 atom stereocenters. The van der Waals surface area contributed by atoms with Gasteiger partial charge >= 0.3 is 5.97 Å². The highest BCUT2D eigenvalue weighted by molar-refractivity contribution is 8.00. The van der Waals surface area contributed by atoms with Crippen LogP contribution in [-0.2, 0) is 14.4 Å². The summed E-state index contributed by atoms with van der Waals surface area (Å²) in [6, 6.07) is -1.53. The van der Waals surface area contributed by atoms with Gasteiger partial charge in [-0.15, -0.1) is 11.8 Å². The summed E-state index contributed by atoms with van der Waals surface area (Å²) in [6.07, 6.45) is 1.31. The van der Waals surface area contributed by atoms with Crippen molar-refractivity contribution in [3.05, 3.63) is 0 Å². The molecule has 0 aromatic carbocycles. The van der Waals surface area contributed by atoms with E-state index in [1.165, 1.54) is 0 Å². The molecule has 20 heavy (non-hydrogen) atoms. The minimum absolute atomic E-state index is 0.0211. The zero-order valence-electron chi connectivity index (χ0n) is 11.2. The quantitative estimate of drug-likeness (QED) is 0.636. The molecular formula is C12H19N3O4S. The van der Waals surface area contributed by atoms with Crippen LogP contribution in [0, 0.1) is 0 Å². The molecule has 0 saturated carbocycles. The molecule has 0 spiro atoms. The maximum absolute atomic E-state index is 12.2. The third-order valence-electron chi connectivity index (χ3n) is 3.56. The molecule has 0 aliphatic carbocycles. The Morgan fingerprint density at radius 2 is 2.25 bits per heavy atom. The van der Waals surface area contributed by atoms with Crippen LogP contribution >= 0.6 is 11.8 Å². The molecule has 2 amide bonds. The third-order valence-corrected chi connectivity index (χ3v) is 4.92. The van der Waals surface area contributed by atoms with E-state index in [4.69, 9.17) is 10.8 Å². The number of nitrogens with one attached hydrogen (secondary N) is 1. The summed E-state index contributed by atoms with van der Waals surface area (Å²) >= 11 is 1.58. The van der Waals surface area contributed by atoms with Crippen molar-refractivity contribution in [2.75, 3.05) is 5.75 Å². The van der Waals surface area contributed by atoms with Crippen molar-refractivity contribution in [3.8, 4) is 0 Å². The number of hydrogen-bond donors (Lipinski definition) is 3. The highest BCUT2D eigenvalue weighted by Gasteiger charge is 2.45. The second kappa shape index (κ2) is 6.01. The van der Waals surface area contributed by atoms with Crippen molar-refractivity contribution in [1.29, 1.82) is 0 Å². The summed E-state index contributed by atoms with van der Waals surface area (Å²) < 4.78 is 0. The van der Waals surface area contributed by atoms with Crippen LogP contribution in [0.15, 0.2) is 0 Å². The standard InChI is InChI=1S/C12H19N3O4S/c1-6(4-10(16)17)14-11(18)8-5-20-9-3-2-7(13)12(19)15(8)9/h6-9H,2-5,13H2,1H3,(H,14,18)(H,16,17)/t6-,7+,8?,9?/m1/s1. The van der Waals surface area contributed by atoms with Gasteiger partial charge in [-0.3, -0.25) is 14.4 Å². The Hall–Kier alpha value is -1.28. The normalized spacial score (nSPS) is 30.8. The number of nitrogens with two attached hydrogens (primary N) is 1. The average molecular weight is 301 g/mol. The molecule has 2 fully saturated rings. The van der Waals surface area contributed by atoms with Gasteiger partial charge in [-0.25, -0.2) is 0 Å². The van der Waals surface area contributed by atoms with Crippen molar-refractivity contribution < 1.29 is 19.5 Å². The predicted octanol–water partition coefficient (Wildman–Crippen LogP) is -0.643. The van der Waals surface area contributed by atoms with Crippen LogP contribution in [0.2, 0.25) is 0 Å². The highest BCUT2D eigenvalue weighted by Crippen LogP contribution is 2.36.